The van der Waals surface area contributed by atoms with Crippen LogP contribution in [0, 0.1) is 5.92 Å². The van der Waals surface area contributed by atoms with Gasteiger partial charge in [-0.15, -0.1) is 24.0 Å². The fourth-order valence-corrected chi connectivity index (χ4v) is 3.84. The maximum atomic E-state index is 11.2. The van der Waals surface area contributed by atoms with E-state index in [9.17, 15) is 4.79 Å². The lowest BCUT2D eigenvalue weighted by Crippen LogP contribution is -2.47. The van der Waals surface area contributed by atoms with Gasteiger partial charge in [-0.1, -0.05) is 30.3 Å². The van der Waals surface area contributed by atoms with E-state index in [2.05, 4.69) is 47.5 Å². The van der Waals surface area contributed by atoms with E-state index in [1.165, 1.54) is 18.4 Å². The Hall–Kier alpha value is -1.31. The van der Waals surface area contributed by atoms with Gasteiger partial charge in [0.1, 0.15) is 0 Å². The van der Waals surface area contributed by atoms with Gasteiger partial charge in [-0.2, -0.15) is 0 Å². The first-order valence-electron chi connectivity index (χ1n) is 9.50. The molecule has 1 aromatic rings. The Bertz CT molecular complexity index is 615. The van der Waals surface area contributed by atoms with Crippen molar-refractivity contribution in [1.82, 2.24) is 10.2 Å². The number of carbonyl (C=O) groups excluding carboxylic acids is 1. The topological polar surface area (TPSA) is 70.7 Å². The van der Waals surface area contributed by atoms with E-state index in [1.807, 2.05) is 0 Å². The van der Waals surface area contributed by atoms with Gasteiger partial charge in [-0.25, -0.2) is 0 Å². The van der Waals surface area contributed by atoms with Crippen LogP contribution >= 0.6 is 24.0 Å². The number of likely N-dealkylation sites (tertiary alicyclic amines) is 1. The van der Waals surface area contributed by atoms with Gasteiger partial charge in [0.25, 0.3) is 0 Å². The predicted molar refractivity (Wildman–Crippen MR) is 117 cm³/mol. The lowest BCUT2D eigenvalue weighted by atomic mass is 9.94. The number of carbonyl (C=O) groups is 1. The first-order valence-corrected chi connectivity index (χ1v) is 9.50. The third kappa shape index (κ3) is 5.34. The van der Waals surface area contributed by atoms with Crippen LogP contribution in [0.25, 0.3) is 0 Å². The first kappa shape index (κ1) is 21.0. The van der Waals surface area contributed by atoms with Gasteiger partial charge in [-0.05, 0) is 44.1 Å². The van der Waals surface area contributed by atoms with Crippen molar-refractivity contribution in [3.63, 3.8) is 0 Å². The van der Waals surface area contributed by atoms with Crippen LogP contribution in [0.1, 0.15) is 44.6 Å². The monoisotopic (exact) mass is 470 g/mol. The van der Waals surface area contributed by atoms with Crippen molar-refractivity contribution in [1.29, 1.82) is 0 Å². The molecule has 0 aromatic heterocycles. The third-order valence-corrected chi connectivity index (χ3v) is 5.41. The second-order valence-electron chi connectivity index (χ2n) is 7.44. The third-order valence-electron chi connectivity index (χ3n) is 5.41. The van der Waals surface area contributed by atoms with Crippen molar-refractivity contribution in [3.05, 3.63) is 35.9 Å². The van der Waals surface area contributed by atoms with E-state index in [-0.39, 0.29) is 35.3 Å². The number of guanidine groups is 1. The van der Waals surface area contributed by atoms with Crippen molar-refractivity contribution >= 4 is 35.8 Å². The second kappa shape index (κ2) is 9.58. The molecular formula is C20H31IN4O. The highest BCUT2D eigenvalue weighted by Crippen LogP contribution is 2.48. The molecule has 1 saturated heterocycles. The lowest BCUT2D eigenvalue weighted by molar-refractivity contribution is -0.119. The highest BCUT2D eigenvalue weighted by molar-refractivity contribution is 14.0. The van der Waals surface area contributed by atoms with Gasteiger partial charge in [0.15, 0.2) is 5.96 Å². The molecule has 3 N–H and O–H groups in total. The average molecular weight is 470 g/mol. The molecule has 6 heteroatoms. The summed E-state index contributed by atoms with van der Waals surface area (Å²) in [5, 5.41) is 3.44. The zero-order valence-corrected chi connectivity index (χ0v) is 17.9. The Morgan fingerprint density at radius 3 is 2.69 bits per heavy atom. The van der Waals surface area contributed by atoms with E-state index < -0.39 is 0 Å². The van der Waals surface area contributed by atoms with Gasteiger partial charge in [0.2, 0.25) is 5.91 Å². The number of nitrogens with one attached hydrogen (secondary N) is 1. The molecule has 3 rings (SSSR count). The smallest absolute Gasteiger partial charge is 0.217 e. The van der Waals surface area contributed by atoms with Crippen molar-refractivity contribution in [2.75, 3.05) is 26.2 Å². The molecule has 1 unspecified atom stereocenters. The van der Waals surface area contributed by atoms with Crippen molar-refractivity contribution < 1.29 is 4.79 Å². The van der Waals surface area contributed by atoms with Crippen LogP contribution < -0.4 is 11.1 Å². The molecule has 1 aromatic carbocycles. The number of halogens is 1. The van der Waals surface area contributed by atoms with Gasteiger partial charge in [0.05, 0.1) is 6.54 Å². The summed E-state index contributed by atoms with van der Waals surface area (Å²) < 4.78 is 0. The van der Waals surface area contributed by atoms with E-state index in [4.69, 9.17) is 10.7 Å². The van der Waals surface area contributed by atoms with Crippen LogP contribution in [-0.4, -0.2) is 42.9 Å². The number of nitrogens with zero attached hydrogens (tertiary/aromatic N) is 2. The minimum Gasteiger partial charge on any atom is -0.370 e. The number of benzene rings is 1. The summed E-state index contributed by atoms with van der Waals surface area (Å²) in [4.78, 5) is 18.5. The van der Waals surface area contributed by atoms with Gasteiger partial charge >= 0.3 is 0 Å². The zero-order chi connectivity index (χ0) is 17.7. The quantitative estimate of drug-likeness (QED) is 0.382. The minimum atomic E-state index is -0.199. The average Bonchev–Trinajstić information content (AvgIpc) is 3.40. The van der Waals surface area contributed by atoms with E-state index in [0.29, 0.717) is 12.3 Å². The molecule has 1 atom stereocenters. The van der Waals surface area contributed by atoms with E-state index in [0.717, 1.165) is 45.0 Å². The molecule has 1 saturated carbocycles. The van der Waals surface area contributed by atoms with Gasteiger partial charge in [-0.3, -0.25) is 9.79 Å². The van der Waals surface area contributed by atoms with Crippen molar-refractivity contribution in [2.24, 2.45) is 16.6 Å². The fraction of sp³-hybridized carbons (Fsp3) is 0.600. The van der Waals surface area contributed by atoms with Crippen LogP contribution in [0.2, 0.25) is 0 Å². The molecule has 2 aliphatic rings. The Morgan fingerprint density at radius 1 is 1.35 bits per heavy atom. The number of hydrogen-bond donors (Lipinski definition) is 2. The Kier molecular flexibility index (Phi) is 7.73. The summed E-state index contributed by atoms with van der Waals surface area (Å²) in [6.45, 7) is 5.65. The summed E-state index contributed by atoms with van der Waals surface area (Å²) in [7, 11) is 0. The van der Waals surface area contributed by atoms with Crippen LogP contribution in [-0.2, 0) is 10.2 Å². The molecule has 144 valence electrons. The summed E-state index contributed by atoms with van der Waals surface area (Å²) in [6, 6.07) is 10.7. The number of rotatable bonds is 6. The molecule has 1 aliphatic carbocycles. The lowest BCUT2D eigenvalue weighted by Gasteiger charge is -2.35. The summed E-state index contributed by atoms with van der Waals surface area (Å²) in [6.07, 6.45) is 5.07. The number of primary amides is 1. The van der Waals surface area contributed by atoms with Gasteiger partial charge < -0.3 is 16.0 Å². The number of nitrogens with two attached hydrogens (primary N) is 1. The Morgan fingerprint density at radius 2 is 2.08 bits per heavy atom. The fourth-order valence-electron chi connectivity index (χ4n) is 3.84. The Labute approximate surface area is 173 Å². The minimum absolute atomic E-state index is 0. The molecular weight excluding hydrogens is 439 g/mol. The maximum Gasteiger partial charge on any atom is 0.217 e. The molecule has 5 nitrogen and oxygen atoms in total. The molecule has 26 heavy (non-hydrogen) atoms. The largest absolute Gasteiger partial charge is 0.370 e. The van der Waals surface area contributed by atoms with Crippen LogP contribution in [0.4, 0.5) is 0 Å². The molecule has 1 amide bonds. The van der Waals surface area contributed by atoms with Crippen molar-refractivity contribution in [3.8, 4) is 0 Å². The Balaban J connectivity index is 0.00000243. The molecule has 2 fully saturated rings. The summed E-state index contributed by atoms with van der Waals surface area (Å²) >= 11 is 0. The van der Waals surface area contributed by atoms with Gasteiger partial charge in [0, 0.05) is 31.5 Å². The molecule has 0 spiro atoms. The summed E-state index contributed by atoms with van der Waals surface area (Å²) in [5.74, 6) is 1.13. The highest BCUT2D eigenvalue weighted by Gasteiger charge is 2.44. The second-order valence-corrected chi connectivity index (χ2v) is 7.44. The molecule has 1 heterocycles. The molecule has 1 aliphatic heterocycles. The molecule has 0 bridgehead atoms. The SMILES string of the molecule is CCNC(=NCC1(c2ccccc2)CC1)N1CCCC(CC(N)=O)C1.I. The van der Waals surface area contributed by atoms with Crippen molar-refractivity contribution in [2.45, 2.75) is 44.4 Å². The van der Waals surface area contributed by atoms with E-state index >= 15 is 0 Å². The normalized spacial score (nSPS) is 21.7. The number of aliphatic imine (C=N–C) groups is 1. The van der Waals surface area contributed by atoms with E-state index in [1.54, 1.807) is 0 Å². The standard InChI is InChI=1S/C20H30N4O.HI/c1-2-22-19(24-12-6-7-16(14-24)13-18(21)25)23-15-20(10-11-20)17-8-4-3-5-9-17;/h3-5,8-9,16H,2,6-7,10-15H2,1H3,(H2,21,25)(H,22,23);1H. The van der Waals surface area contributed by atoms with Crippen LogP contribution in [0.3, 0.4) is 0 Å². The number of hydrogen-bond acceptors (Lipinski definition) is 2. The van der Waals surface area contributed by atoms with Crippen LogP contribution in [0.5, 0.6) is 0 Å². The highest BCUT2D eigenvalue weighted by atomic mass is 127. The molecule has 0 radical (unpaired) electrons. The zero-order valence-electron chi connectivity index (χ0n) is 15.6. The number of piperidine rings is 1. The first-order chi connectivity index (χ1) is 12.1. The number of amides is 1. The summed E-state index contributed by atoms with van der Waals surface area (Å²) in [5.41, 5.74) is 7.02. The van der Waals surface area contributed by atoms with Crippen LogP contribution in [0.15, 0.2) is 35.3 Å². The predicted octanol–water partition coefficient (Wildman–Crippen LogP) is 2.89. The maximum absolute atomic E-state index is 11.2.